The van der Waals surface area contributed by atoms with E-state index in [1.54, 1.807) is 18.7 Å². The summed E-state index contributed by atoms with van der Waals surface area (Å²) in [5, 5.41) is 0.673. The molecule has 0 aliphatic heterocycles. The van der Waals surface area contributed by atoms with E-state index in [0.717, 1.165) is 34.3 Å². The molecule has 160 valence electrons. The molecule has 0 spiro atoms. The summed E-state index contributed by atoms with van der Waals surface area (Å²) < 4.78 is 2.47. The Balaban J connectivity index is 1.94. The summed E-state index contributed by atoms with van der Waals surface area (Å²) in [6.07, 6.45) is 2.26. The largest absolute Gasteiger partial charge is 0.309 e. The van der Waals surface area contributed by atoms with Gasteiger partial charge in [-0.1, -0.05) is 17.4 Å². The lowest BCUT2D eigenvalue weighted by atomic mass is 10.1. The summed E-state index contributed by atoms with van der Waals surface area (Å²) in [6, 6.07) is 4.17. The fourth-order valence-corrected chi connectivity index (χ4v) is 4.43. The molecule has 1 aromatic carbocycles. The van der Waals surface area contributed by atoms with Gasteiger partial charge in [0.15, 0.2) is 5.13 Å². The number of anilines is 1. The van der Waals surface area contributed by atoms with Crippen LogP contribution in [0.5, 0.6) is 0 Å². The molecule has 2 heterocycles. The van der Waals surface area contributed by atoms with E-state index in [9.17, 15) is 9.59 Å². The number of aryl methyl sites for hydroxylation is 3. The van der Waals surface area contributed by atoms with Crippen molar-refractivity contribution < 1.29 is 4.79 Å². The molecule has 1 amide bonds. The van der Waals surface area contributed by atoms with E-state index in [2.05, 4.69) is 22.9 Å². The van der Waals surface area contributed by atoms with Gasteiger partial charge in [0, 0.05) is 17.8 Å². The monoisotopic (exact) mass is 427 g/mol. The van der Waals surface area contributed by atoms with Gasteiger partial charge in [0.2, 0.25) is 5.91 Å². The lowest BCUT2D eigenvalue weighted by molar-refractivity contribution is -0.119. The summed E-state index contributed by atoms with van der Waals surface area (Å²) in [5.41, 5.74) is 4.28. The number of rotatable bonds is 7. The Morgan fingerprint density at radius 2 is 1.87 bits per heavy atom. The predicted octanol–water partition coefficient (Wildman–Crippen LogP) is 3.07. The van der Waals surface area contributed by atoms with Gasteiger partial charge in [-0.15, -0.1) is 0 Å². The maximum Gasteiger partial charge on any atom is 0.256 e. The standard InChI is InChI=1S/C22H29N5O2S/c1-14-10-15(2)20-18(11-14)24-22(30-20)27(9-7-8-25(5)6)19(28)12-26-13-23-17(4)16(3)21(26)29/h10-11,13H,7-9,12H2,1-6H3. The van der Waals surface area contributed by atoms with Crippen molar-refractivity contribution in [2.45, 2.75) is 40.7 Å². The molecule has 0 aliphatic rings. The van der Waals surface area contributed by atoms with Crippen LogP contribution in [0.3, 0.4) is 0 Å². The molecule has 2 aromatic heterocycles. The van der Waals surface area contributed by atoms with E-state index in [4.69, 9.17) is 4.98 Å². The Morgan fingerprint density at radius 1 is 1.13 bits per heavy atom. The van der Waals surface area contributed by atoms with Crippen LogP contribution in [0.4, 0.5) is 5.13 Å². The van der Waals surface area contributed by atoms with Crippen LogP contribution in [0.25, 0.3) is 10.2 Å². The van der Waals surface area contributed by atoms with Crippen LogP contribution in [-0.4, -0.2) is 52.5 Å². The van der Waals surface area contributed by atoms with Gasteiger partial charge in [-0.05, 0) is 71.9 Å². The summed E-state index contributed by atoms with van der Waals surface area (Å²) in [4.78, 5) is 38.6. The van der Waals surface area contributed by atoms with E-state index in [1.807, 2.05) is 27.1 Å². The Morgan fingerprint density at radius 3 is 2.57 bits per heavy atom. The van der Waals surface area contributed by atoms with Crippen molar-refractivity contribution in [3.63, 3.8) is 0 Å². The molecule has 0 aliphatic carbocycles. The fourth-order valence-electron chi connectivity index (χ4n) is 3.37. The maximum atomic E-state index is 13.3. The molecular weight excluding hydrogens is 398 g/mol. The Bertz CT molecular complexity index is 1130. The molecule has 7 nitrogen and oxygen atoms in total. The van der Waals surface area contributed by atoms with Gasteiger partial charge in [0.25, 0.3) is 5.56 Å². The third-order valence-electron chi connectivity index (χ3n) is 5.15. The highest BCUT2D eigenvalue weighted by molar-refractivity contribution is 7.22. The number of carbonyl (C=O) groups excluding carboxylic acids is 1. The van der Waals surface area contributed by atoms with Crippen molar-refractivity contribution in [2.75, 3.05) is 32.1 Å². The van der Waals surface area contributed by atoms with Gasteiger partial charge in [-0.25, -0.2) is 9.97 Å². The van der Waals surface area contributed by atoms with Gasteiger partial charge in [0.05, 0.1) is 16.5 Å². The van der Waals surface area contributed by atoms with Crippen molar-refractivity contribution >= 4 is 32.6 Å². The third kappa shape index (κ3) is 4.76. The first-order valence-corrected chi connectivity index (χ1v) is 10.8. The SMILES string of the molecule is Cc1cc(C)c2sc(N(CCCN(C)C)C(=O)Cn3cnc(C)c(C)c3=O)nc2c1. The Kier molecular flexibility index (Phi) is 6.67. The number of hydrogen-bond acceptors (Lipinski definition) is 6. The molecule has 3 rings (SSSR count). The van der Waals surface area contributed by atoms with E-state index in [-0.39, 0.29) is 18.0 Å². The zero-order valence-electron chi connectivity index (χ0n) is 18.5. The fraction of sp³-hybridized carbons (Fsp3) is 0.455. The normalized spacial score (nSPS) is 11.4. The summed E-state index contributed by atoms with van der Waals surface area (Å²) >= 11 is 1.53. The second-order valence-corrected chi connectivity index (χ2v) is 8.99. The van der Waals surface area contributed by atoms with Crippen LogP contribution in [-0.2, 0) is 11.3 Å². The molecule has 0 unspecified atom stereocenters. The van der Waals surface area contributed by atoms with E-state index in [0.29, 0.717) is 22.9 Å². The van der Waals surface area contributed by atoms with Crippen LogP contribution in [0, 0.1) is 27.7 Å². The highest BCUT2D eigenvalue weighted by Gasteiger charge is 2.21. The lowest BCUT2D eigenvalue weighted by Crippen LogP contribution is -2.38. The van der Waals surface area contributed by atoms with Crippen LogP contribution >= 0.6 is 11.3 Å². The average molecular weight is 428 g/mol. The van der Waals surface area contributed by atoms with Crippen LogP contribution < -0.4 is 10.5 Å². The topological polar surface area (TPSA) is 71.3 Å². The summed E-state index contributed by atoms with van der Waals surface area (Å²) in [6.45, 7) is 8.99. The van der Waals surface area contributed by atoms with E-state index in [1.165, 1.54) is 22.2 Å². The molecule has 0 saturated heterocycles. The molecule has 0 bridgehead atoms. The van der Waals surface area contributed by atoms with Gasteiger partial charge in [0.1, 0.15) is 6.54 Å². The van der Waals surface area contributed by atoms with Crippen LogP contribution in [0.15, 0.2) is 23.3 Å². The second kappa shape index (κ2) is 9.06. The maximum absolute atomic E-state index is 13.3. The highest BCUT2D eigenvalue weighted by Crippen LogP contribution is 2.32. The number of nitrogens with zero attached hydrogens (tertiary/aromatic N) is 5. The molecule has 0 fully saturated rings. The first-order valence-electron chi connectivity index (χ1n) is 10.0. The van der Waals surface area contributed by atoms with Gasteiger partial charge < -0.3 is 4.90 Å². The molecule has 0 radical (unpaired) electrons. The number of fused-ring (bicyclic) bond motifs is 1. The van der Waals surface area contributed by atoms with Crippen molar-refractivity contribution in [2.24, 2.45) is 0 Å². The minimum atomic E-state index is -0.181. The zero-order chi connectivity index (χ0) is 22.0. The van der Waals surface area contributed by atoms with Crippen molar-refractivity contribution in [1.82, 2.24) is 19.4 Å². The van der Waals surface area contributed by atoms with E-state index >= 15 is 0 Å². The van der Waals surface area contributed by atoms with Crippen molar-refractivity contribution in [1.29, 1.82) is 0 Å². The highest BCUT2D eigenvalue weighted by atomic mass is 32.1. The zero-order valence-corrected chi connectivity index (χ0v) is 19.3. The molecule has 0 atom stereocenters. The predicted molar refractivity (Wildman–Crippen MR) is 123 cm³/mol. The minimum absolute atomic E-state index is 0.0527. The molecule has 0 N–H and O–H groups in total. The van der Waals surface area contributed by atoms with Gasteiger partial charge >= 0.3 is 0 Å². The molecule has 0 saturated carbocycles. The first kappa shape index (κ1) is 22.1. The quantitative estimate of drug-likeness (QED) is 0.580. The summed E-state index contributed by atoms with van der Waals surface area (Å²) in [7, 11) is 4.02. The van der Waals surface area contributed by atoms with E-state index < -0.39 is 0 Å². The van der Waals surface area contributed by atoms with Gasteiger partial charge in [-0.2, -0.15) is 0 Å². The van der Waals surface area contributed by atoms with Crippen molar-refractivity contribution in [3.05, 3.63) is 51.2 Å². The number of benzene rings is 1. The van der Waals surface area contributed by atoms with Gasteiger partial charge in [-0.3, -0.25) is 19.1 Å². The summed E-state index contributed by atoms with van der Waals surface area (Å²) in [5.74, 6) is -0.158. The van der Waals surface area contributed by atoms with Crippen LogP contribution in [0.2, 0.25) is 0 Å². The average Bonchev–Trinajstić information content (AvgIpc) is 3.09. The number of hydrogen-bond donors (Lipinski definition) is 0. The smallest absolute Gasteiger partial charge is 0.256 e. The number of aromatic nitrogens is 3. The second-order valence-electron chi connectivity index (χ2n) is 8.02. The number of thiazole rings is 1. The Hall–Kier alpha value is -2.58. The molecule has 3 aromatic rings. The minimum Gasteiger partial charge on any atom is -0.309 e. The third-order valence-corrected chi connectivity index (χ3v) is 6.38. The molecule has 30 heavy (non-hydrogen) atoms. The van der Waals surface area contributed by atoms with Crippen LogP contribution in [0.1, 0.15) is 28.8 Å². The number of carbonyl (C=O) groups is 1. The number of amides is 1. The first-order chi connectivity index (χ1) is 14.2. The Labute approximate surface area is 181 Å². The lowest BCUT2D eigenvalue weighted by Gasteiger charge is -2.21. The van der Waals surface area contributed by atoms with Crippen molar-refractivity contribution in [3.8, 4) is 0 Å². The molecule has 8 heteroatoms. The molecular formula is C22H29N5O2S.